The fraction of sp³-hybridized carbons (Fsp3) is 0.194. The van der Waals surface area contributed by atoms with Crippen LogP contribution in [0.3, 0.4) is 0 Å². The number of fused-ring (bicyclic) bond motifs is 2. The molecule has 0 bridgehead atoms. The van der Waals surface area contributed by atoms with Gasteiger partial charge in [0.2, 0.25) is 0 Å². The molecular formula is C31H27N3O3S. The lowest BCUT2D eigenvalue weighted by Crippen LogP contribution is -2.49. The number of esters is 1. The second kappa shape index (κ2) is 10.7. The summed E-state index contributed by atoms with van der Waals surface area (Å²) in [6, 6.07) is 29.8. The van der Waals surface area contributed by atoms with E-state index in [9.17, 15) is 9.59 Å². The molecule has 7 heteroatoms. The molecule has 0 atom stereocenters. The average molecular weight is 522 g/mol. The van der Waals surface area contributed by atoms with Crippen molar-refractivity contribution in [2.45, 2.75) is 6.54 Å². The predicted octanol–water partition coefficient (Wildman–Crippen LogP) is 5.62. The maximum Gasteiger partial charge on any atom is 0.339 e. The van der Waals surface area contributed by atoms with Crippen LogP contribution < -0.4 is 0 Å². The summed E-state index contributed by atoms with van der Waals surface area (Å²) < 4.78 is 6.65. The first kappa shape index (κ1) is 24.3. The van der Waals surface area contributed by atoms with E-state index in [1.807, 2.05) is 72.8 Å². The van der Waals surface area contributed by atoms with Crippen LogP contribution in [0.5, 0.6) is 0 Å². The molecule has 0 unspecified atom stereocenters. The molecule has 6 rings (SSSR count). The monoisotopic (exact) mass is 521 g/mol. The van der Waals surface area contributed by atoms with Crippen molar-refractivity contribution in [1.29, 1.82) is 0 Å². The fourth-order valence-corrected chi connectivity index (χ4v) is 5.97. The number of thiazole rings is 1. The lowest BCUT2D eigenvalue weighted by molar-refractivity contribution is -0.136. The van der Waals surface area contributed by atoms with Gasteiger partial charge in [0, 0.05) is 43.7 Å². The molecule has 190 valence electrons. The van der Waals surface area contributed by atoms with Crippen molar-refractivity contribution in [3.63, 3.8) is 0 Å². The van der Waals surface area contributed by atoms with Gasteiger partial charge >= 0.3 is 5.97 Å². The summed E-state index contributed by atoms with van der Waals surface area (Å²) in [5, 5.41) is 2.57. The fourth-order valence-electron chi connectivity index (χ4n) is 4.97. The van der Waals surface area contributed by atoms with Crippen LogP contribution in [0, 0.1) is 0 Å². The zero-order valence-corrected chi connectivity index (χ0v) is 21.7. The van der Waals surface area contributed by atoms with Gasteiger partial charge in [0.15, 0.2) is 6.61 Å². The predicted molar refractivity (Wildman–Crippen MR) is 151 cm³/mol. The first-order chi connectivity index (χ1) is 18.7. The van der Waals surface area contributed by atoms with Crippen LogP contribution in [-0.4, -0.2) is 59.4 Å². The highest BCUT2D eigenvalue weighted by Crippen LogP contribution is 2.36. The summed E-state index contributed by atoms with van der Waals surface area (Å²) in [7, 11) is 0. The van der Waals surface area contributed by atoms with Gasteiger partial charge in [-0.25, -0.2) is 9.78 Å². The number of hydrogen-bond acceptors (Lipinski definition) is 6. The Bertz CT molecular complexity index is 1570. The third kappa shape index (κ3) is 5.03. The average Bonchev–Trinajstić information content (AvgIpc) is 3.40. The van der Waals surface area contributed by atoms with E-state index in [-0.39, 0.29) is 12.5 Å². The number of piperazine rings is 1. The van der Waals surface area contributed by atoms with Crippen molar-refractivity contribution in [3.8, 4) is 10.6 Å². The largest absolute Gasteiger partial charge is 0.452 e. The molecule has 0 radical (unpaired) electrons. The Morgan fingerprint density at radius 2 is 1.55 bits per heavy atom. The second-order valence-corrected chi connectivity index (χ2v) is 10.4. The highest BCUT2D eigenvalue weighted by Gasteiger charge is 2.23. The van der Waals surface area contributed by atoms with Crippen LogP contribution in [0.4, 0.5) is 0 Å². The number of aromatic nitrogens is 1. The summed E-state index contributed by atoms with van der Waals surface area (Å²) in [4.78, 5) is 35.0. The van der Waals surface area contributed by atoms with Crippen LogP contribution in [0.1, 0.15) is 15.9 Å². The smallest absolute Gasteiger partial charge is 0.339 e. The quantitative estimate of drug-likeness (QED) is 0.272. The number of ether oxygens (including phenoxy) is 1. The minimum atomic E-state index is -0.500. The third-order valence-electron chi connectivity index (χ3n) is 6.95. The number of hydrogen-bond donors (Lipinski definition) is 0. The summed E-state index contributed by atoms with van der Waals surface area (Å²) in [6.07, 6.45) is 0. The van der Waals surface area contributed by atoms with Crippen LogP contribution in [0.15, 0.2) is 91.0 Å². The van der Waals surface area contributed by atoms with Gasteiger partial charge in [-0.2, -0.15) is 0 Å². The molecule has 1 saturated heterocycles. The van der Waals surface area contributed by atoms with Gasteiger partial charge in [-0.3, -0.25) is 9.69 Å². The van der Waals surface area contributed by atoms with Crippen molar-refractivity contribution < 1.29 is 14.3 Å². The molecule has 1 fully saturated rings. The van der Waals surface area contributed by atoms with E-state index >= 15 is 0 Å². The molecule has 0 spiro atoms. The van der Waals surface area contributed by atoms with E-state index in [0.717, 1.165) is 51.2 Å². The first-order valence-corrected chi connectivity index (χ1v) is 13.6. The topological polar surface area (TPSA) is 62.7 Å². The highest BCUT2D eigenvalue weighted by molar-refractivity contribution is 7.21. The third-order valence-corrected chi connectivity index (χ3v) is 8.02. The molecule has 0 aliphatic carbocycles. The zero-order valence-electron chi connectivity index (χ0n) is 20.9. The maximum absolute atomic E-state index is 13.2. The van der Waals surface area contributed by atoms with Crippen LogP contribution in [-0.2, 0) is 16.1 Å². The highest BCUT2D eigenvalue weighted by atomic mass is 32.1. The van der Waals surface area contributed by atoms with Crippen molar-refractivity contribution in [2.75, 3.05) is 32.8 Å². The molecule has 0 N–H and O–H groups in total. The van der Waals surface area contributed by atoms with E-state index < -0.39 is 5.97 Å². The van der Waals surface area contributed by atoms with Crippen molar-refractivity contribution in [3.05, 3.63) is 102 Å². The van der Waals surface area contributed by atoms with Crippen molar-refractivity contribution >= 4 is 44.2 Å². The van der Waals surface area contributed by atoms with E-state index in [0.29, 0.717) is 18.7 Å². The molecule has 0 saturated carbocycles. The van der Waals surface area contributed by atoms with Gasteiger partial charge in [-0.05, 0) is 29.1 Å². The minimum Gasteiger partial charge on any atom is -0.452 e. The molecule has 1 aromatic heterocycles. The van der Waals surface area contributed by atoms with Gasteiger partial charge in [0.25, 0.3) is 5.91 Å². The number of benzene rings is 4. The van der Waals surface area contributed by atoms with Gasteiger partial charge in [-0.1, -0.05) is 72.8 Å². The van der Waals surface area contributed by atoms with E-state index in [1.165, 1.54) is 5.56 Å². The standard InChI is InChI=1S/C31H27N3O3S/c35-28(34-18-16-33(17-19-34)20-22-8-2-1-3-9-22)21-37-31(36)25-13-7-11-23-10-6-12-24(29(23)25)30-32-26-14-4-5-15-27(26)38-30/h1-15H,16-21H2. The maximum atomic E-state index is 13.2. The molecule has 2 heterocycles. The lowest BCUT2D eigenvalue weighted by Gasteiger charge is -2.34. The molecule has 1 aliphatic rings. The van der Waals surface area contributed by atoms with E-state index in [2.05, 4.69) is 17.0 Å². The van der Waals surface area contributed by atoms with E-state index in [1.54, 1.807) is 22.3 Å². The molecule has 5 aromatic rings. The molecule has 1 amide bonds. The van der Waals surface area contributed by atoms with Crippen LogP contribution >= 0.6 is 11.3 Å². The van der Waals surface area contributed by atoms with Crippen LogP contribution in [0.2, 0.25) is 0 Å². The number of carbonyl (C=O) groups excluding carboxylic acids is 2. The molecule has 6 nitrogen and oxygen atoms in total. The molecule has 4 aromatic carbocycles. The van der Waals surface area contributed by atoms with Gasteiger partial charge < -0.3 is 9.64 Å². The number of carbonyl (C=O) groups is 2. The Morgan fingerprint density at radius 1 is 0.816 bits per heavy atom. The first-order valence-electron chi connectivity index (χ1n) is 12.7. The van der Waals surface area contributed by atoms with Gasteiger partial charge in [0.1, 0.15) is 5.01 Å². The SMILES string of the molecule is O=C(OCC(=O)N1CCN(Cc2ccccc2)CC1)c1cccc2cccc(-c3nc4ccccc4s3)c12. The van der Waals surface area contributed by atoms with Crippen molar-refractivity contribution in [1.82, 2.24) is 14.8 Å². The number of para-hydroxylation sites is 1. The van der Waals surface area contributed by atoms with Crippen LogP contribution in [0.25, 0.3) is 31.6 Å². The number of nitrogens with zero attached hydrogens (tertiary/aromatic N) is 3. The van der Waals surface area contributed by atoms with Crippen molar-refractivity contribution in [2.24, 2.45) is 0 Å². The Labute approximate surface area is 225 Å². The van der Waals surface area contributed by atoms with Gasteiger partial charge in [-0.15, -0.1) is 11.3 Å². The Hall–Kier alpha value is -4.07. The Kier molecular flexibility index (Phi) is 6.86. The normalized spacial score (nSPS) is 14.2. The molecule has 1 aliphatic heterocycles. The Balaban J connectivity index is 1.14. The summed E-state index contributed by atoms with van der Waals surface area (Å²) in [5.74, 6) is -0.662. The second-order valence-electron chi connectivity index (χ2n) is 9.41. The summed E-state index contributed by atoms with van der Waals surface area (Å²) in [5.41, 5.74) is 3.52. The number of amides is 1. The lowest BCUT2D eigenvalue weighted by atomic mass is 9.99. The van der Waals surface area contributed by atoms with E-state index in [4.69, 9.17) is 9.72 Å². The molecular weight excluding hydrogens is 494 g/mol. The Morgan fingerprint density at radius 3 is 2.34 bits per heavy atom. The number of rotatable bonds is 6. The minimum absolute atomic E-state index is 0.163. The summed E-state index contributed by atoms with van der Waals surface area (Å²) >= 11 is 1.60. The van der Waals surface area contributed by atoms with Gasteiger partial charge in [0.05, 0.1) is 15.8 Å². The zero-order chi connectivity index (χ0) is 25.9. The summed E-state index contributed by atoms with van der Waals surface area (Å²) in [6.45, 7) is 3.44. The molecule has 38 heavy (non-hydrogen) atoms.